The number of carbonyl (C=O) groups excluding carboxylic acids is 2. The van der Waals surface area contributed by atoms with Crippen molar-refractivity contribution in [1.29, 1.82) is 0 Å². The maximum Gasteiger partial charge on any atom is 0.323 e. The van der Waals surface area contributed by atoms with E-state index in [1.54, 1.807) is 24.3 Å². The van der Waals surface area contributed by atoms with E-state index in [-0.39, 0.29) is 22.2 Å². The van der Waals surface area contributed by atoms with Gasteiger partial charge in [0.2, 0.25) is 0 Å². The van der Waals surface area contributed by atoms with Crippen LogP contribution in [0.3, 0.4) is 0 Å². The number of amides is 2. The van der Waals surface area contributed by atoms with Crippen LogP contribution in [0.1, 0.15) is 17.3 Å². The molecular weight excluding hydrogens is 322 g/mol. The quantitative estimate of drug-likeness (QED) is 0.499. The zero-order valence-electron chi connectivity index (χ0n) is 12.0. The number of nitro benzene ring substituents is 1. The molecule has 23 heavy (non-hydrogen) atoms. The number of nitro groups is 1. The molecule has 2 aromatic rings. The predicted molar refractivity (Wildman–Crippen MR) is 87.2 cm³/mol. The first-order valence-electron chi connectivity index (χ1n) is 6.50. The van der Waals surface area contributed by atoms with Crippen LogP contribution in [0, 0.1) is 10.1 Å². The molecule has 0 heterocycles. The minimum atomic E-state index is -0.633. The number of hydrogen-bond donors (Lipinski definition) is 2. The van der Waals surface area contributed by atoms with Crippen LogP contribution < -0.4 is 10.6 Å². The summed E-state index contributed by atoms with van der Waals surface area (Å²) in [5, 5.41) is 15.8. The van der Waals surface area contributed by atoms with Gasteiger partial charge in [0, 0.05) is 23.0 Å². The van der Waals surface area contributed by atoms with E-state index in [0.717, 1.165) is 0 Å². The van der Waals surface area contributed by atoms with E-state index in [0.29, 0.717) is 11.3 Å². The van der Waals surface area contributed by atoms with Gasteiger partial charge in [0.25, 0.3) is 5.69 Å². The van der Waals surface area contributed by atoms with Gasteiger partial charge in [-0.3, -0.25) is 14.9 Å². The van der Waals surface area contributed by atoms with Crippen LogP contribution in [0.15, 0.2) is 42.5 Å². The summed E-state index contributed by atoms with van der Waals surface area (Å²) in [6.07, 6.45) is 0. The Morgan fingerprint density at radius 2 is 1.61 bits per heavy atom. The fraction of sp³-hybridized carbons (Fsp3) is 0.0667. The molecule has 0 saturated carbocycles. The molecule has 0 aliphatic heterocycles. The van der Waals surface area contributed by atoms with Crippen LogP contribution in [0.5, 0.6) is 0 Å². The van der Waals surface area contributed by atoms with Crippen LogP contribution in [-0.2, 0) is 0 Å². The normalized spacial score (nSPS) is 10.0. The molecule has 0 bridgehead atoms. The summed E-state index contributed by atoms with van der Waals surface area (Å²) in [6, 6.07) is 9.72. The Balaban J connectivity index is 2.06. The fourth-order valence-electron chi connectivity index (χ4n) is 1.81. The van der Waals surface area contributed by atoms with Gasteiger partial charge >= 0.3 is 6.03 Å². The molecule has 0 aliphatic rings. The van der Waals surface area contributed by atoms with Crippen molar-refractivity contribution in [2.24, 2.45) is 0 Å². The predicted octanol–water partition coefficient (Wildman–Crippen LogP) is 4.09. The molecule has 0 aliphatic carbocycles. The lowest BCUT2D eigenvalue weighted by Gasteiger charge is -2.08. The molecule has 0 atom stereocenters. The Labute approximate surface area is 136 Å². The van der Waals surface area contributed by atoms with Crippen LogP contribution in [-0.4, -0.2) is 16.7 Å². The largest absolute Gasteiger partial charge is 0.323 e. The zero-order chi connectivity index (χ0) is 17.0. The van der Waals surface area contributed by atoms with Crippen LogP contribution >= 0.6 is 11.6 Å². The second-order valence-corrected chi connectivity index (χ2v) is 5.04. The Hall–Kier alpha value is -2.93. The number of nitrogens with one attached hydrogen (secondary N) is 2. The topological polar surface area (TPSA) is 101 Å². The summed E-state index contributed by atoms with van der Waals surface area (Å²) in [5.41, 5.74) is 0.953. The van der Waals surface area contributed by atoms with Gasteiger partial charge < -0.3 is 10.6 Å². The standard InChI is InChI=1S/C15H12ClN3O4/c1-9(20)10-2-4-11(5-3-10)17-15(21)18-12-6-7-13(16)14(8-12)19(22)23/h2-8H,1H3,(H2,17,18,21). The Kier molecular flexibility index (Phi) is 4.92. The zero-order valence-corrected chi connectivity index (χ0v) is 12.8. The molecule has 0 saturated heterocycles. The molecule has 8 heteroatoms. The highest BCUT2D eigenvalue weighted by Crippen LogP contribution is 2.27. The average Bonchev–Trinajstić information content (AvgIpc) is 2.49. The fourth-order valence-corrected chi connectivity index (χ4v) is 2.00. The first-order chi connectivity index (χ1) is 10.9. The molecule has 0 unspecified atom stereocenters. The summed E-state index contributed by atoms with van der Waals surface area (Å²) in [5.74, 6) is -0.0746. The average molecular weight is 334 g/mol. The van der Waals surface area contributed by atoms with E-state index in [1.807, 2.05) is 0 Å². The van der Waals surface area contributed by atoms with Crippen molar-refractivity contribution in [2.75, 3.05) is 10.6 Å². The first-order valence-corrected chi connectivity index (χ1v) is 6.87. The number of rotatable bonds is 4. The van der Waals surface area contributed by atoms with Crippen LogP contribution in [0.4, 0.5) is 21.9 Å². The highest BCUT2D eigenvalue weighted by atomic mass is 35.5. The summed E-state index contributed by atoms with van der Waals surface area (Å²) >= 11 is 5.70. The minimum Gasteiger partial charge on any atom is -0.308 e. The van der Waals surface area contributed by atoms with Gasteiger partial charge in [0.05, 0.1) is 4.92 Å². The summed E-state index contributed by atoms with van der Waals surface area (Å²) < 4.78 is 0. The number of Topliss-reactive ketones (excluding diaryl/α,β-unsaturated/α-hetero) is 1. The molecule has 0 fully saturated rings. The SMILES string of the molecule is CC(=O)c1ccc(NC(=O)Nc2ccc(Cl)c([N+](=O)[O-])c2)cc1. The van der Waals surface area contributed by atoms with Gasteiger partial charge in [-0.1, -0.05) is 11.6 Å². The molecule has 0 spiro atoms. The van der Waals surface area contributed by atoms with Crippen molar-refractivity contribution in [1.82, 2.24) is 0 Å². The lowest BCUT2D eigenvalue weighted by molar-refractivity contribution is -0.384. The Morgan fingerprint density at radius 3 is 2.17 bits per heavy atom. The highest BCUT2D eigenvalue weighted by molar-refractivity contribution is 6.32. The Bertz CT molecular complexity index is 775. The van der Waals surface area contributed by atoms with Crippen molar-refractivity contribution in [2.45, 2.75) is 6.92 Å². The van der Waals surface area contributed by atoms with Gasteiger partial charge in [-0.15, -0.1) is 0 Å². The third kappa shape index (κ3) is 4.27. The van der Waals surface area contributed by atoms with Crippen molar-refractivity contribution in [3.05, 3.63) is 63.2 Å². The molecular formula is C15H12ClN3O4. The van der Waals surface area contributed by atoms with E-state index >= 15 is 0 Å². The molecule has 7 nitrogen and oxygen atoms in total. The molecule has 0 aromatic heterocycles. The molecule has 0 radical (unpaired) electrons. The lowest BCUT2D eigenvalue weighted by Crippen LogP contribution is -2.19. The number of anilines is 2. The van der Waals surface area contributed by atoms with E-state index in [4.69, 9.17) is 11.6 Å². The van der Waals surface area contributed by atoms with Crippen molar-refractivity contribution in [3.63, 3.8) is 0 Å². The molecule has 2 rings (SSSR count). The smallest absolute Gasteiger partial charge is 0.308 e. The molecule has 2 aromatic carbocycles. The van der Waals surface area contributed by atoms with E-state index in [9.17, 15) is 19.7 Å². The van der Waals surface area contributed by atoms with Crippen LogP contribution in [0.25, 0.3) is 0 Å². The molecule has 118 valence electrons. The molecule has 2 N–H and O–H groups in total. The summed E-state index contributed by atoms with van der Waals surface area (Å²) in [4.78, 5) is 33.2. The second kappa shape index (κ2) is 6.89. The van der Waals surface area contributed by atoms with Crippen molar-refractivity contribution < 1.29 is 14.5 Å². The van der Waals surface area contributed by atoms with Gasteiger partial charge in [-0.05, 0) is 43.3 Å². The number of ketones is 1. The summed E-state index contributed by atoms with van der Waals surface area (Å²) in [6.45, 7) is 1.45. The lowest BCUT2D eigenvalue weighted by atomic mass is 10.1. The Morgan fingerprint density at radius 1 is 1.04 bits per heavy atom. The van der Waals surface area contributed by atoms with E-state index in [1.165, 1.54) is 25.1 Å². The number of benzene rings is 2. The minimum absolute atomic E-state index is 0.0132. The number of hydrogen-bond acceptors (Lipinski definition) is 4. The number of nitrogens with zero attached hydrogens (tertiary/aromatic N) is 1. The van der Waals surface area contributed by atoms with Gasteiger partial charge in [0.15, 0.2) is 5.78 Å². The first kappa shape index (κ1) is 16.4. The number of carbonyl (C=O) groups is 2. The van der Waals surface area contributed by atoms with Gasteiger partial charge in [-0.25, -0.2) is 4.79 Å². The van der Waals surface area contributed by atoms with Gasteiger partial charge in [0.1, 0.15) is 5.02 Å². The summed E-state index contributed by atoms with van der Waals surface area (Å²) in [7, 11) is 0. The monoisotopic (exact) mass is 333 g/mol. The maximum absolute atomic E-state index is 11.9. The van der Waals surface area contributed by atoms with Crippen molar-refractivity contribution in [3.8, 4) is 0 Å². The second-order valence-electron chi connectivity index (χ2n) is 4.64. The third-order valence-corrected chi connectivity index (χ3v) is 3.27. The van der Waals surface area contributed by atoms with E-state index in [2.05, 4.69) is 10.6 Å². The molecule has 2 amide bonds. The van der Waals surface area contributed by atoms with Gasteiger partial charge in [-0.2, -0.15) is 0 Å². The third-order valence-electron chi connectivity index (χ3n) is 2.95. The van der Waals surface area contributed by atoms with Crippen molar-refractivity contribution >= 4 is 40.5 Å². The highest BCUT2D eigenvalue weighted by Gasteiger charge is 2.14. The van der Waals surface area contributed by atoms with E-state index < -0.39 is 11.0 Å². The van der Waals surface area contributed by atoms with Crippen LogP contribution in [0.2, 0.25) is 5.02 Å². The maximum atomic E-state index is 11.9. The number of urea groups is 1. The number of halogens is 1.